The number of nitrogens with zero attached hydrogens (tertiary/aromatic N) is 2. The van der Waals surface area contributed by atoms with Crippen molar-refractivity contribution in [1.29, 1.82) is 0 Å². The van der Waals surface area contributed by atoms with Crippen LogP contribution in [-0.2, 0) is 29.0 Å². The summed E-state index contributed by atoms with van der Waals surface area (Å²) in [6.45, 7) is 7.87. The molecule has 0 aliphatic carbocycles. The lowest BCUT2D eigenvalue weighted by molar-refractivity contribution is -0.967. The van der Waals surface area contributed by atoms with Crippen molar-refractivity contribution in [3.63, 3.8) is 0 Å². The summed E-state index contributed by atoms with van der Waals surface area (Å²) < 4.78 is 18.3. The molecule has 1 spiro atoms. The van der Waals surface area contributed by atoms with Gasteiger partial charge in [0.1, 0.15) is 6.10 Å². The molecule has 0 amide bonds. The fraction of sp³-hybridized carbons (Fsp3) is 0.588. The van der Waals surface area contributed by atoms with Crippen molar-refractivity contribution in [2.75, 3.05) is 47.9 Å². The Bertz CT molecular complexity index is 1080. The summed E-state index contributed by atoms with van der Waals surface area (Å²) in [5, 5.41) is 0. The van der Waals surface area contributed by atoms with Gasteiger partial charge in [0, 0.05) is 43.2 Å². The standard InChI is InChI=1S/C33H48N2O4.CH3ClO/c1-6-29-25-30(24-26(2)35(29)22-13-14-23-35)38-32(37)33(27-16-9-7-10-17-27,28-18-11-8-12-19-28)39-31(36)20-15-21-34(3,4)5;1-3-2/h7-12,16-19,26,29-30H,6,13-15,20-25H2,1-5H3;1H3/q+2;. The average molecular weight is 603 g/mol. The molecule has 2 aromatic carbocycles. The number of rotatable bonds is 10. The first-order valence-electron chi connectivity index (χ1n) is 15.4. The van der Waals surface area contributed by atoms with E-state index in [0.29, 0.717) is 29.6 Å². The van der Waals surface area contributed by atoms with Gasteiger partial charge in [0.15, 0.2) is 0 Å². The number of quaternary nitrogens is 2. The number of piperidine rings is 1. The van der Waals surface area contributed by atoms with Crippen molar-refractivity contribution in [3.8, 4) is 0 Å². The van der Waals surface area contributed by atoms with Gasteiger partial charge >= 0.3 is 11.9 Å². The molecule has 232 valence electrons. The van der Waals surface area contributed by atoms with Gasteiger partial charge in [-0.1, -0.05) is 67.6 Å². The summed E-state index contributed by atoms with van der Waals surface area (Å²) in [6.07, 6.45) is 6.02. The van der Waals surface area contributed by atoms with Gasteiger partial charge in [-0.3, -0.25) is 9.08 Å². The highest BCUT2D eigenvalue weighted by molar-refractivity contribution is 6.07. The van der Waals surface area contributed by atoms with E-state index in [1.54, 1.807) is 0 Å². The molecule has 2 heterocycles. The fourth-order valence-electron chi connectivity index (χ4n) is 6.98. The van der Waals surface area contributed by atoms with E-state index in [4.69, 9.17) is 9.47 Å². The lowest BCUT2D eigenvalue weighted by Crippen LogP contribution is -2.63. The van der Waals surface area contributed by atoms with Gasteiger partial charge in [0.05, 0.1) is 78.3 Å². The minimum absolute atomic E-state index is 0.203. The minimum Gasteiger partial charge on any atom is -0.458 e. The van der Waals surface area contributed by atoms with Crippen LogP contribution in [0.15, 0.2) is 60.7 Å². The number of benzene rings is 2. The van der Waals surface area contributed by atoms with Crippen molar-refractivity contribution < 1.29 is 32.3 Å². The number of halogens is 1. The first-order valence-corrected chi connectivity index (χ1v) is 15.7. The molecular formula is C34H51ClN2O5+2. The van der Waals surface area contributed by atoms with Crippen molar-refractivity contribution in [2.45, 2.75) is 82.6 Å². The monoisotopic (exact) mass is 602 g/mol. The van der Waals surface area contributed by atoms with Crippen LogP contribution in [0.2, 0.25) is 0 Å². The quantitative estimate of drug-likeness (QED) is 0.238. The molecular weight excluding hydrogens is 552 g/mol. The second-order valence-corrected chi connectivity index (χ2v) is 13.1. The third-order valence-electron chi connectivity index (χ3n) is 9.01. The van der Waals surface area contributed by atoms with Gasteiger partial charge in [0.2, 0.25) is 0 Å². The van der Waals surface area contributed by atoms with Crippen LogP contribution in [0.25, 0.3) is 0 Å². The highest BCUT2D eigenvalue weighted by Crippen LogP contribution is 2.41. The largest absolute Gasteiger partial charge is 0.458 e. The number of ether oxygens (including phenoxy) is 2. The van der Waals surface area contributed by atoms with E-state index in [1.807, 2.05) is 60.7 Å². The van der Waals surface area contributed by atoms with Crippen LogP contribution in [0, 0.1) is 0 Å². The van der Waals surface area contributed by atoms with E-state index in [2.05, 4.69) is 51.1 Å². The molecule has 8 heteroatoms. The summed E-state index contributed by atoms with van der Waals surface area (Å²) in [5.74, 6) is -0.889. The molecule has 3 unspecified atom stereocenters. The summed E-state index contributed by atoms with van der Waals surface area (Å²) in [7, 11) is 7.69. The summed E-state index contributed by atoms with van der Waals surface area (Å²) in [6, 6.07) is 19.7. The molecule has 2 aliphatic rings. The topological polar surface area (TPSA) is 61.8 Å². The lowest BCUT2D eigenvalue weighted by atomic mass is 9.85. The number of carbonyl (C=O) groups excluding carboxylic acids is 2. The van der Waals surface area contributed by atoms with E-state index >= 15 is 0 Å². The predicted octanol–water partition coefficient (Wildman–Crippen LogP) is 6.23. The number of hydrogen-bond acceptors (Lipinski definition) is 5. The highest BCUT2D eigenvalue weighted by atomic mass is 35.5. The molecule has 0 saturated carbocycles. The minimum atomic E-state index is -1.65. The molecule has 2 aromatic rings. The molecule has 0 bridgehead atoms. The molecule has 2 aliphatic heterocycles. The van der Waals surface area contributed by atoms with E-state index < -0.39 is 17.5 Å². The van der Waals surface area contributed by atoms with Crippen LogP contribution in [-0.4, -0.2) is 87.0 Å². The Labute approximate surface area is 258 Å². The first kappa shape index (κ1) is 34.0. The van der Waals surface area contributed by atoms with Crippen LogP contribution in [0.4, 0.5) is 0 Å². The first-order chi connectivity index (χ1) is 20.0. The zero-order valence-corrected chi connectivity index (χ0v) is 27.1. The van der Waals surface area contributed by atoms with Gasteiger partial charge in [0.25, 0.3) is 5.60 Å². The third kappa shape index (κ3) is 8.13. The SMILES string of the molecule is CCC1CC(OC(=O)C(OC(=O)CCC[N+](C)(C)C)(c2ccccc2)c2ccccc2)CC(C)[N+]12CCCC2.COCl. The van der Waals surface area contributed by atoms with Gasteiger partial charge in [-0.15, -0.1) is 0 Å². The zero-order valence-electron chi connectivity index (χ0n) is 26.4. The molecule has 0 aromatic heterocycles. The molecule has 7 nitrogen and oxygen atoms in total. The Morgan fingerprint density at radius 2 is 1.48 bits per heavy atom. The van der Waals surface area contributed by atoms with Crippen molar-refractivity contribution in [2.24, 2.45) is 0 Å². The van der Waals surface area contributed by atoms with E-state index in [1.165, 1.54) is 33.0 Å². The summed E-state index contributed by atoms with van der Waals surface area (Å²) >= 11 is 4.50. The maximum Gasteiger partial charge on any atom is 0.360 e. The maximum absolute atomic E-state index is 14.4. The predicted molar refractivity (Wildman–Crippen MR) is 167 cm³/mol. The van der Waals surface area contributed by atoms with Crippen molar-refractivity contribution >= 4 is 23.8 Å². The van der Waals surface area contributed by atoms with E-state index in [9.17, 15) is 9.59 Å². The lowest BCUT2D eigenvalue weighted by Gasteiger charge is -2.51. The number of esters is 2. The smallest absolute Gasteiger partial charge is 0.360 e. The highest BCUT2D eigenvalue weighted by Gasteiger charge is 2.52. The normalized spacial score (nSPS) is 21.7. The van der Waals surface area contributed by atoms with Gasteiger partial charge in [-0.2, -0.15) is 0 Å². The van der Waals surface area contributed by atoms with Gasteiger partial charge in [-0.05, 0) is 13.3 Å². The molecule has 3 atom stereocenters. The number of hydrogen-bond donors (Lipinski definition) is 0. The molecule has 2 saturated heterocycles. The molecule has 4 rings (SSSR count). The van der Waals surface area contributed by atoms with Crippen LogP contribution in [0.1, 0.15) is 69.9 Å². The van der Waals surface area contributed by atoms with Crippen LogP contribution in [0.5, 0.6) is 0 Å². The summed E-state index contributed by atoms with van der Waals surface area (Å²) in [5.41, 5.74) is -0.432. The Hall–Kier alpha value is -2.45. The van der Waals surface area contributed by atoms with Gasteiger partial charge in [-0.25, -0.2) is 4.79 Å². The zero-order chi connectivity index (χ0) is 30.8. The maximum atomic E-state index is 14.4. The van der Waals surface area contributed by atoms with E-state index in [0.717, 1.165) is 34.8 Å². The van der Waals surface area contributed by atoms with E-state index in [-0.39, 0.29) is 12.5 Å². The Morgan fingerprint density at radius 3 is 1.95 bits per heavy atom. The Kier molecular flexibility index (Phi) is 12.4. The second kappa shape index (κ2) is 15.3. The Morgan fingerprint density at radius 1 is 0.952 bits per heavy atom. The van der Waals surface area contributed by atoms with Crippen LogP contribution < -0.4 is 0 Å². The second-order valence-electron chi connectivity index (χ2n) is 12.8. The third-order valence-corrected chi connectivity index (χ3v) is 9.01. The van der Waals surface area contributed by atoms with Crippen molar-refractivity contribution in [3.05, 3.63) is 71.8 Å². The van der Waals surface area contributed by atoms with Crippen LogP contribution in [0.3, 0.4) is 0 Å². The van der Waals surface area contributed by atoms with Crippen LogP contribution >= 0.6 is 11.9 Å². The van der Waals surface area contributed by atoms with Gasteiger partial charge < -0.3 is 18.4 Å². The summed E-state index contributed by atoms with van der Waals surface area (Å²) in [4.78, 5) is 27.8. The number of carbonyl (C=O) groups is 2. The molecule has 0 radical (unpaired) electrons. The molecule has 0 N–H and O–H groups in total. The van der Waals surface area contributed by atoms with Crippen molar-refractivity contribution in [1.82, 2.24) is 0 Å². The molecule has 2 fully saturated rings. The fourth-order valence-corrected chi connectivity index (χ4v) is 6.98. The average Bonchev–Trinajstić information content (AvgIpc) is 3.45. The Balaban J connectivity index is 0.00000155. The molecule has 42 heavy (non-hydrogen) atoms.